The van der Waals surface area contributed by atoms with Crippen molar-refractivity contribution in [2.45, 2.75) is 0 Å². The molecule has 3 rings (SSSR count). The van der Waals surface area contributed by atoms with Gasteiger partial charge in [-0.2, -0.15) is 0 Å². The third kappa shape index (κ3) is 4.07. The van der Waals surface area contributed by atoms with E-state index in [-0.39, 0.29) is 0 Å². The van der Waals surface area contributed by atoms with Crippen LogP contribution < -0.4 is 25.8 Å². The number of aromatic nitrogens is 2. The SMILES string of the molecule is COc1ccc(Nc2ncnc(Nc3ccc(I)cc3)c2N)c(OC)c1. The van der Waals surface area contributed by atoms with Gasteiger partial charge in [0, 0.05) is 15.3 Å². The van der Waals surface area contributed by atoms with Crippen LogP contribution in [-0.4, -0.2) is 24.2 Å². The largest absolute Gasteiger partial charge is 0.497 e. The van der Waals surface area contributed by atoms with E-state index in [1.165, 1.54) is 6.33 Å². The molecule has 0 fully saturated rings. The second-order valence-corrected chi connectivity index (χ2v) is 6.55. The predicted octanol–water partition coefficient (Wildman–Crippen LogP) is 4.17. The van der Waals surface area contributed by atoms with Gasteiger partial charge in [-0.1, -0.05) is 0 Å². The standard InChI is InChI=1S/C18H18IN5O2/c1-25-13-7-8-14(15(9-13)26-2)24-18-16(20)17(21-10-22-18)23-12-5-3-11(19)4-6-12/h3-10H,20H2,1-2H3,(H2,21,22,23,24). The maximum atomic E-state index is 6.24. The number of benzene rings is 2. The molecule has 2 aromatic carbocycles. The smallest absolute Gasteiger partial charge is 0.159 e. The van der Waals surface area contributed by atoms with E-state index in [0.717, 1.165) is 14.9 Å². The summed E-state index contributed by atoms with van der Waals surface area (Å²) in [5.41, 5.74) is 8.26. The second kappa shape index (κ2) is 8.09. The molecule has 134 valence electrons. The summed E-state index contributed by atoms with van der Waals surface area (Å²) >= 11 is 2.25. The van der Waals surface area contributed by atoms with E-state index < -0.39 is 0 Å². The fraction of sp³-hybridized carbons (Fsp3) is 0.111. The second-order valence-electron chi connectivity index (χ2n) is 5.31. The maximum absolute atomic E-state index is 6.24. The van der Waals surface area contributed by atoms with Gasteiger partial charge in [0.1, 0.15) is 23.5 Å². The minimum absolute atomic E-state index is 0.406. The quantitative estimate of drug-likeness (QED) is 0.473. The lowest BCUT2D eigenvalue weighted by atomic mass is 10.2. The molecule has 0 amide bonds. The Hall–Kier alpha value is -2.75. The zero-order chi connectivity index (χ0) is 18.5. The molecule has 0 radical (unpaired) electrons. The van der Waals surface area contributed by atoms with E-state index >= 15 is 0 Å². The van der Waals surface area contributed by atoms with Crippen LogP contribution in [0.4, 0.5) is 28.7 Å². The fourth-order valence-corrected chi connectivity index (χ4v) is 2.65. The molecule has 0 spiro atoms. The Kier molecular flexibility index (Phi) is 5.61. The Morgan fingerprint density at radius 1 is 0.923 bits per heavy atom. The molecule has 0 atom stereocenters. The van der Waals surface area contributed by atoms with Crippen molar-refractivity contribution in [3.05, 3.63) is 52.4 Å². The molecule has 0 unspecified atom stereocenters. The first kappa shape index (κ1) is 18.1. The van der Waals surface area contributed by atoms with Crippen LogP contribution >= 0.6 is 22.6 Å². The van der Waals surface area contributed by atoms with Gasteiger partial charge in [-0.3, -0.25) is 0 Å². The Labute approximate surface area is 165 Å². The lowest BCUT2D eigenvalue weighted by Crippen LogP contribution is -2.06. The van der Waals surface area contributed by atoms with E-state index in [4.69, 9.17) is 15.2 Å². The van der Waals surface area contributed by atoms with Crippen molar-refractivity contribution in [2.75, 3.05) is 30.6 Å². The maximum Gasteiger partial charge on any atom is 0.159 e. The van der Waals surface area contributed by atoms with Crippen LogP contribution in [0, 0.1) is 3.57 Å². The Bertz CT molecular complexity index is 903. The van der Waals surface area contributed by atoms with Gasteiger partial charge in [0.2, 0.25) is 0 Å². The van der Waals surface area contributed by atoms with E-state index in [9.17, 15) is 0 Å². The van der Waals surface area contributed by atoms with Gasteiger partial charge >= 0.3 is 0 Å². The summed E-state index contributed by atoms with van der Waals surface area (Å²) in [5.74, 6) is 2.33. The average molecular weight is 463 g/mol. The van der Waals surface area contributed by atoms with Crippen LogP contribution in [0.5, 0.6) is 11.5 Å². The van der Waals surface area contributed by atoms with Crippen LogP contribution in [0.25, 0.3) is 0 Å². The lowest BCUT2D eigenvalue weighted by Gasteiger charge is -2.15. The molecule has 0 aliphatic carbocycles. The number of nitrogens with zero attached hydrogens (tertiary/aromatic N) is 2. The summed E-state index contributed by atoms with van der Waals surface area (Å²) in [5, 5.41) is 6.38. The molecular weight excluding hydrogens is 445 g/mol. The summed E-state index contributed by atoms with van der Waals surface area (Å²) in [6, 6.07) is 13.4. The van der Waals surface area contributed by atoms with E-state index in [1.807, 2.05) is 36.4 Å². The summed E-state index contributed by atoms with van der Waals surface area (Å²) in [6.07, 6.45) is 1.45. The Morgan fingerprint density at radius 2 is 1.62 bits per heavy atom. The van der Waals surface area contributed by atoms with Gasteiger partial charge in [-0.05, 0) is 59.0 Å². The van der Waals surface area contributed by atoms with E-state index in [2.05, 4.69) is 43.2 Å². The number of methoxy groups -OCH3 is 2. The zero-order valence-electron chi connectivity index (χ0n) is 14.3. The highest BCUT2D eigenvalue weighted by Gasteiger charge is 2.12. The van der Waals surface area contributed by atoms with E-state index in [0.29, 0.717) is 28.8 Å². The zero-order valence-corrected chi connectivity index (χ0v) is 16.4. The minimum atomic E-state index is 0.406. The normalized spacial score (nSPS) is 10.3. The summed E-state index contributed by atoms with van der Waals surface area (Å²) in [7, 11) is 3.19. The summed E-state index contributed by atoms with van der Waals surface area (Å²) in [4.78, 5) is 8.46. The molecule has 26 heavy (non-hydrogen) atoms. The van der Waals surface area contributed by atoms with Crippen LogP contribution in [0.2, 0.25) is 0 Å². The number of nitrogen functional groups attached to an aromatic ring is 1. The highest BCUT2D eigenvalue weighted by atomic mass is 127. The first-order valence-electron chi connectivity index (χ1n) is 7.73. The van der Waals surface area contributed by atoms with Crippen molar-refractivity contribution in [3.8, 4) is 11.5 Å². The Balaban J connectivity index is 1.86. The minimum Gasteiger partial charge on any atom is -0.497 e. The van der Waals surface area contributed by atoms with Crippen LogP contribution in [-0.2, 0) is 0 Å². The van der Waals surface area contributed by atoms with Crippen LogP contribution in [0.15, 0.2) is 48.8 Å². The van der Waals surface area contributed by atoms with Crippen molar-refractivity contribution < 1.29 is 9.47 Å². The molecule has 7 nitrogen and oxygen atoms in total. The number of hydrogen-bond donors (Lipinski definition) is 3. The Morgan fingerprint density at radius 3 is 2.27 bits per heavy atom. The number of anilines is 5. The number of nitrogens with one attached hydrogen (secondary N) is 2. The van der Waals surface area contributed by atoms with Crippen molar-refractivity contribution in [1.29, 1.82) is 0 Å². The molecule has 1 heterocycles. The number of halogens is 1. The lowest BCUT2D eigenvalue weighted by molar-refractivity contribution is 0.395. The first-order chi connectivity index (χ1) is 12.6. The van der Waals surface area contributed by atoms with Gasteiger partial charge in [0.15, 0.2) is 11.6 Å². The number of hydrogen-bond acceptors (Lipinski definition) is 7. The predicted molar refractivity (Wildman–Crippen MR) is 112 cm³/mol. The number of nitrogens with two attached hydrogens (primary N) is 1. The van der Waals surface area contributed by atoms with Gasteiger partial charge in [0.25, 0.3) is 0 Å². The monoisotopic (exact) mass is 463 g/mol. The van der Waals surface area contributed by atoms with Gasteiger partial charge < -0.3 is 25.8 Å². The molecular formula is C18H18IN5O2. The van der Waals surface area contributed by atoms with Crippen molar-refractivity contribution >= 4 is 51.3 Å². The molecule has 4 N–H and O–H groups in total. The van der Waals surface area contributed by atoms with Gasteiger partial charge in [0.05, 0.1) is 19.9 Å². The third-order valence-electron chi connectivity index (χ3n) is 3.65. The fourth-order valence-electron chi connectivity index (χ4n) is 2.29. The molecule has 1 aromatic heterocycles. The summed E-state index contributed by atoms with van der Waals surface area (Å²) in [6.45, 7) is 0. The van der Waals surface area contributed by atoms with Crippen LogP contribution in [0.1, 0.15) is 0 Å². The summed E-state index contributed by atoms with van der Waals surface area (Å²) < 4.78 is 11.8. The molecule has 8 heteroatoms. The molecule has 0 aliphatic rings. The molecule has 0 bridgehead atoms. The van der Waals surface area contributed by atoms with Gasteiger partial charge in [-0.15, -0.1) is 0 Å². The van der Waals surface area contributed by atoms with Gasteiger partial charge in [-0.25, -0.2) is 9.97 Å². The highest BCUT2D eigenvalue weighted by Crippen LogP contribution is 2.34. The number of rotatable bonds is 6. The van der Waals surface area contributed by atoms with Crippen molar-refractivity contribution in [1.82, 2.24) is 9.97 Å². The topological polar surface area (TPSA) is 94.3 Å². The highest BCUT2D eigenvalue weighted by molar-refractivity contribution is 14.1. The van der Waals surface area contributed by atoms with E-state index in [1.54, 1.807) is 20.3 Å². The molecule has 3 aromatic rings. The van der Waals surface area contributed by atoms with Crippen molar-refractivity contribution in [2.24, 2.45) is 0 Å². The number of ether oxygens (including phenoxy) is 2. The average Bonchev–Trinajstić information content (AvgIpc) is 2.67. The molecule has 0 aliphatic heterocycles. The third-order valence-corrected chi connectivity index (χ3v) is 4.37. The molecule has 0 saturated carbocycles. The van der Waals surface area contributed by atoms with Crippen molar-refractivity contribution in [3.63, 3.8) is 0 Å². The first-order valence-corrected chi connectivity index (χ1v) is 8.80. The van der Waals surface area contributed by atoms with Crippen LogP contribution in [0.3, 0.4) is 0 Å². The molecule has 0 saturated heterocycles.